The SMILES string of the molecule is CC(=O)OC(C)(C)c1ccccc1C(CCSCC1CC1)c1cccc(/C=C/c2ccc3ccc(Cl)cc3n2)c1. The summed E-state index contributed by atoms with van der Waals surface area (Å²) in [6, 6.07) is 27.1. The largest absolute Gasteiger partial charge is 0.455 e. The first-order chi connectivity index (χ1) is 19.3. The molecule has 0 N–H and O–H groups in total. The Bertz CT molecular complexity index is 1530. The van der Waals surface area contributed by atoms with Gasteiger partial charge < -0.3 is 4.74 Å². The highest BCUT2D eigenvalue weighted by Crippen LogP contribution is 2.39. The molecule has 4 aromatic rings. The molecule has 40 heavy (non-hydrogen) atoms. The molecule has 1 heterocycles. The van der Waals surface area contributed by atoms with E-state index < -0.39 is 5.60 Å². The third-order valence-electron chi connectivity index (χ3n) is 7.42. The summed E-state index contributed by atoms with van der Waals surface area (Å²) in [5.41, 5.74) is 5.72. The molecule has 206 valence electrons. The van der Waals surface area contributed by atoms with Crippen molar-refractivity contribution >= 4 is 52.4 Å². The number of nitrogens with zero attached hydrogens (tertiary/aromatic N) is 1. The molecule has 5 heteroatoms. The zero-order valence-corrected chi connectivity index (χ0v) is 25.0. The number of rotatable bonds is 11. The van der Waals surface area contributed by atoms with Crippen LogP contribution in [0.2, 0.25) is 5.02 Å². The van der Waals surface area contributed by atoms with Crippen molar-refractivity contribution < 1.29 is 9.53 Å². The quantitative estimate of drug-likeness (QED) is 0.133. The molecule has 0 bridgehead atoms. The minimum absolute atomic E-state index is 0.187. The summed E-state index contributed by atoms with van der Waals surface area (Å²) in [6.07, 6.45) is 7.95. The first-order valence-electron chi connectivity index (χ1n) is 14.0. The molecule has 1 aliphatic rings. The average molecular weight is 570 g/mol. The summed E-state index contributed by atoms with van der Waals surface area (Å²) in [6.45, 7) is 5.44. The molecular formula is C35H36ClNO2S. The van der Waals surface area contributed by atoms with Crippen LogP contribution in [0.15, 0.2) is 78.9 Å². The Hall–Kier alpha value is -3.08. The van der Waals surface area contributed by atoms with E-state index in [1.807, 2.05) is 44.2 Å². The van der Waals surface area contributed by atoms with E-state index >= 15 is 0 Å². The second-order valence-electron chi connectivity index (χ2n) is 11.1. The molecule has 1 atom stereocenters. The lowest BCUT2D eigenvalue weighted by Crippen LogP contribution is -2.26. The molecule has 0 saturated heterocycles. The number of carbonyl (C=O) groups is 1. The highest BCUT2D eigenvalue weighted by atomic mass is 35.5. The lowest BCUT2D eigenvalue weighted by molar-refractivity contribution is -0.154. The van der Waals surface area contributed by atoms with Gasteiger partial charge in [-0.25, -0.2) is 4.98 Å². The third-order valence-corrected chi connectivity index (χ3v) is 8.89. The summed E-state index contributed by atoms with van der Waals surface area (Å²) in [5, 5.41) is 1.76. The van der Waals surface area contributed by atoms with Crippen LogP contribution < -0.4 is 0 Å². The van der Waals surface area contributed by atoms with Gasteiger partial charge in [-0.1, -0.05) is 78.3 Å². The van der Waals surface area contributed by atoms with E-state index in [0.717, 1.165) is 45.8 Å². The Morgan fingerprint density at radius 2 is 1.85 bits per heavy atom. The highest BCUT2D eigenvalue weighted by Gasteiger charge is 2.30. The van der Waals surface area contributed by atoms with Crippen LogP contribution in [0.25, 0.3) is 23.1 Å². The predicted octanol–water partition coefficient (Wildman–Crippen LogP) is 9.52. The normalized spacial score (nSPS) is 14.5. The smallest absolute Gasteiger partial charge is 0.303 e. The topological polar surface area (TPSA) is 39.2 Å². The Balaban J connectivity index is 1.45. The molecule has 3 nitrogen and oxygen atoms in total. The summed E-state index contributed by atoms with van der Waals surface area (Å²) >= 11 is 8.25. The first kappa shape index (κ1) is 28.4. The van der Waals surface area contributed by atoms with Crippen molar-refractivity contribution in [3.05, 3.63) is 112 Å². The van der Waals surface area contributed by atoms with Gasteiger partial charge in [0.15, 0.2) is 0 Å². The van der Waals surface area contributed by atoms with Crippen molar-refractivity contribution in [2.75, 3.05) is 11.5 Å². The van der Waals surface area contributed by atoms with Gasteiger partial charge in [0.2, 0.25) is 0 Å². The summed E-state index contributed by atoms with van der Waals surface area (Å²) < 4.78 is 5.79. The van der Waals surface area contributed by atoms with Crippen LogP contribution in [0.3, 0.4) is 0 Å². The third kappa shape index (κ3) is 7.35. The number of carbonyl (C=O) groups excluding carboxylic acids is 1. The number of aromatic nitrogens is 1. The molecule has 0 radical (unpaired) electrons. The van der Waals surface area contributed by atoms with Gasteiger partial charge in [0.05, 0.1) is 11.2 Å². The summed E-state index contributed by atoms with van der Waals surface area (Å²) in [7, 11) is 0. The van der Waals surface area contributed by atoms with Crippen LogP contribution >= 0.6 is 23.4 Å². The number of halogens is 1. The van der Waals surface area contributed by atoms with Gasteiger partial charge in [-0.15, -0.1) is 0 Å². The molecule has 1 saturated carbocycles. The molecule has 0 spiro atoms. The maximum atomic E-state index is 11.9. The number of benzene rings is 3. The summed E-state index contributed by atoms with van der Waals surface area (Å²) in [4.78, 5) is 16.7. The summed E-state index contributed by atoms with van der Waals surface area (Å²) in [5.74, 6) is 3.17. The second kappa shape index (κ2) is 12.6. The molecular weight excluding hydrogens is 534 g/mol. The number of hydrogen-bond acceptors (Lipinski definition) is 4. The fourth-order valence-corrected chi connectivity index (χ4v) is 6.66. The van der Waals surface area contributed by atoms with E-state index in [9.17, 15) is 4.79 Å². The molecule has 0 aliphatic heterocycles. The molecule has 5 rings (SSSR count). The van der Waals surface area contributed by atoms with Crippen molar-refractivity contribution in [2.24, 2.45) is 5.92 Å². The van der Waals surface area contributed by atoms with Gasteiger partial charge in [-0.2, -0.15) is 11.8 Å². The number of esters is 1. The van der Waals surface area contributed by atoms with Crippen LogP contribution in [0.4, 0.5) is 0 Å². The fourth-order valence-electron chi connectivity index (χ4n) is 5.26. The van der Waals surface area contributed by atoms with Crippen molar-refractivity contribution in [1.29, 1.82) is 0 Å². The van der Waals surface area contributed by atoms with Crippen molar-refractivity contribution in [3.8, 4) is 0 Å². The lowest BCUT2D eigenvalue weighted by atomic mass is 9.81. The van der Waals surface area contributed by atoms with Crippen LogP contribution in [0.5, 0.6) is 0 Å². The van der Waals surface area contributed by atoms with Gasteiger partial charge >= 0.3 is 5.97 Å². The maximum absolute atomic E-state index is 11.9. The number of fused-ring (bicyclic) bond motifs is 1. The maximum Gasteiger partial charge on any atom is 0.303 e. The number of ether oxygens (including phenoxy) is 1. The molecule has 1 fully saturated rings. The molecule has 3 aromatic carbocycles. The van der Waals surface area contributed by atoms with Crippen molar-refractivity contribution in [3.63, 3.8) is 0 Å². The number of thioether (sulfide) groups is 1. The zero-order valence-electron chi connectivity index (χ0n) is 23.4. The van der Waals surface area contributed by atoms with E-state index in [-0.39, 0.29) is 11.9 Å². The zero-order chi connectivity index (χ0) is 28.1. The van der Waals surface area contributed by atoms with E-state index in [2.05, 4.69) is 72.4 Å². The standard InChI is InChI=1S/C35H36ClNO2S/c1-24(38)39-35(2,3)33-10-5-4-9-32(33)31(19-20-40-23-26-11-12-26)28-8-6-7-25(21-28)13-17-30-18-15-27-14-16-29(36)22-34(27)37-30/h4-10,13-18,21-22,26,31H,11-12,19-20,23H2,1-3H3/b17-13+. The van der Waals surface area contributed by atoms with Gasteiger partial charge in [-0.3, -0.25) is 4.79 Å². The van der Waals surface area contributed by atoms with E-state index in [4.69, 9.17) is 21.3 Å². The average Bonchev–Trinajstić information content (AvgIpc) is 3.76. The van der Waals surface area contributed by atoms with E-state index in [0.29, 0.717) is 5.02 Å². The van der Waals surface area contributed by atoms with Crippen molar-refractivity contribution in [1.82, 2.24) is 4.98 Å². The molecule has 1 aliphatic carbocycles. The van der Waals surface area contributed by atoms with Crippen LogP contribution in [-0.2, 0) is 15.1 Å². The van der Waals surface area contributed by atoms with Gasteiger partial charge in [0.25, 0.3) is 0 Å². The van der Waals surface area contributed by atoms with Gasteiger partial charge in [0.1, 0.15) is 5.60 Å². The number of hydrogen-bond donors (Lipinski definition) is 0. The van der Waals surface area contributed by atoms with Crippen LogP contribution in [0, 0.1) is 5.92 Å². The first-order valence-corrected chi connectivity index (χ1v) is 15.5. The van der Waals surface area contributed by atoms with Gasteiger partial charge in [0, 0.05) is 23.3 Å². The van der Waals surface area contributed by atoms with Crippen molar-refractivity contribution in [2.45, 2.75) is 51.6 Å². The molecule has 0 amide bonds. The minimum Gasteiger partial charge on any atom is -0.455 e. The monoisotopic (exact) mass is 569 g/mol. The lowest BCUT2D eigenvalue weighted by Gasteiger charge is -2.30. The van der Waals surface area contributed by atoms with E-state index in [1.54, 1.807) is 0 Å². The van der Waals surface area contributed by atoms with Gasteiger partial charge in [-0.05, 0) is 97.1 Å². The minimum atomic E-state index is -0.718. The predicted molar refractivity (Wildman–Crippen MR) is 170 cm³/mol. The number of pyridine rings is 1. The van der Waals surface area contributed by atoms with E-state index in [1.165, 1.54) is 36.6 Å². The Labute approximate surface area is 247 Å². The Kier molecular flexibility index (Phi) is 8.97. The fraction of sp³-hybridized carbons (Fsp3) is 0.314. The molecule has 1 aromatic heterocycles. The Morgan fingerprint density at radius 3 is 2.65 bits per heavy atom. The van der Waals surface area contributed by atoms with Crippen LogP contribution in [0.1, 0.15) is 73.9 Å². The molecule has 1 unspecified atom stereocenters. The Morgan fingerprint density at radius 1 is 1.05 bits per heavy atom. The van der Waals surface area contributed by atoms with Crippen LogP contribution in [-0.4, -0.2) is 22.5 Å². The second-order valence-corrected chi connectivity index (χ2v) is 12.7. The highest BCUT2D eigenvalue weighted by molar-refractivity contribution is 7.99.